The largest absolute Gasteiger partial charge is 0.465 e. The maximum absolute atomic E-state index is 6.36. The molecule has 1 aliphatic heterocycles. The van der Waals surface area contributed by atoms with Crippen molar-refractivity contribution in [3.8, 4) is 0 Å². The molecule has 2 unspecified atom stereocenters. The third kappa shape index (κ3) is 3.40. The molecule has 0 saturated carbocycles. The fourth-order valence-electron chi connectivity index (χ4n) is 2.90. The van der Waals surface area contributed by atoms with E-state index in [4.69, 9.17) is 10.2 Å². The lowest BCUT2D eigenvalue weighted by molar-refractivity contribution is 0.0703. The predicted molar refractivity (Wildman–Crippen MR) is 79.0 cm³/mol. The van der Waals surface area contributed by atoms with Crippen LogP contribution in [0.25, 0.3) is 0 Å². The lowest BCUT2D eigenvalue weighted by atomic mass is 9.81. The van der Waals surface area contributed by atoms with E-state index in [0.29, 0.717) is 5.41 Å². The van der Waals surface area contributed by atoms with Gasteiger partial charge in [0.2, 0.25) is 0 Å². The van der Waals surface area contributed by atoms with Crippen LogP contribution in [0.3, 0.4) is 0 Å². The first-order valence-electron chi connectivity index (χ1n) is 7.49. The molecule has 0 aliphatic carbocycles. The van der Waals surface area contributed by atoms with Gasteiger partial charge in [0.05, 0.1) is 6.04 Å². The van der Waals surface area contributed by atoms with E-state index in [0.717, 1.165) is 31.0 Å². The highest BCUT2D eigenvalue weighted by molar-refractivity contribution is 5.12. The highest BCUT2D eigenvalue weighted by Crippen LogP contribution is 2.35. The lowest BCUT2D eigenvalue weighted by Crippen LogP contribution is -2.46. The van der Waals surface area contributed by atoms with Crippen molar-refractivity contribution in [2.45, 2.75) is 59.0 Å². The standard InChI is InChI=1S/C16H28N2O/c1-5-13(17)15(14-7-6-12(2)19-14)18-10-8-16(3,4)9-11-18/h6-7,13,15H,5,8-11,17H2,1-4H3. The maximum atomic E-state index is 6.36. The summed E-state index contributed by atoms with van der Waals surface area (Å²) < 4.78 is 5.85. The van der Waals surface area contributed by atoms with Gasteiger partial charge in [-0.05, 0) is 56.8 Å². The molecule has 1 aliphatic rings. The minimum Gasteiger partial charge on any atom is -0.465 e. The average molecular weight is 264 g/mol. The highest BCUT2D eigenvalue weighted by atomic mass is 16.3. The Hall–Kier alpha value is -0.800. The molecule has 2 rings (SSSR count). The van der Waals surface area contributed by atoms with E-state index in [2.05, 4.69) is 31.7 Å². The van der Waals surface area contributed by atoms with E-state index in [-0.39, 0.29) is 12.1 Å². The van der Waals surface area contributed by atoms with Gasteiger partial charge in [0, 0.05) is 6.04 Å². The molecule has 0 bridgehead atoms. The molecule has 3 heteroatoms. The molecule has 2 heterocycles. The molecular formula is C16H28N2O. The van der Waals surface area contributed by atoms with Gasteiger partial charge < -0.3 is 10.2 Å². The summed E-state index contributed by atoms with van der Waals surface area (Å²) in [5.41, 5.74) is 6.82. The molecule has 1 saturated heterocycles. The summed E-state index contributed by atoms with van der Waals surface area (Å²) in [4.78, 5) is 2.51. The molecular weight excluding hydrogens is 236 g/mol. The minimum absolute atomic E-state index is 0.145. The number of nitrogens with zero attached hydrogens (tertiary/aromatic N) is 1. The molecule has 19 heavy (non-hydrogen) atoms. The van der Waals surface area contributed by atoms with Gasteiger partial charge in [-0.25, -0.2) is 0 Å². The molecule has 1 aromatic heterocycles. The first-order chi connectivity index (χ1) is 8.93. The second kappa shape index (κ2) is 5.68. The second-order valence-corrected chi connectivity index (χ2v) is 6.67. The normalized spacial score (nSPS) is 23.2. The van der Waals surface area contributed by atoms with E-state index in [1.807, 2.05) is 13.0 Å². The van der Waals surface area contributed by atoms with E-state index in [9.17, 15) is 0 Å². The Bertz CT molecular complexity index is 401. The molecule has 2 atom stereocenters. The molecule has 0 amide bonds. The first kappa shape index (κ1) is 14.6. The van der Waals surface area contributed by atoms with Crippen LogP contribution in [0, 0.1) is 12.3 Å². The van der Waals surface area contributed by atoms with Gasteiger partial charge in [-0.2, -0.15) is 0 Å². The topological polar surface area (TPSA) is 42.4 Å². The summed E-state index contributed by atoms with van der Waals surface area (Å²) in [5.74, 6) is 2.01. The monoisotopic (exact) mass is 264 g/mol. The summed E-state index contributed by atoms with van der Waals surface area (Å²) in [7, 11) is 0. The average Bonchev–Trinajstić information content (AvgIpc) is 2.78. The zero-order valence-electron chi connectivity index (χ0n) is 12.8. The van der Waals surface area contributed by atoms with Crippen LogP contribution < -0.4 is 5.73 Å². The van der Waals surface area contributed by atoms with E-state index in [1.54, 1.807) is 0 Å². The van der Waals surface area contributed by atoms with Gasteiger partial charge in [0.25, 0.3) is 0 Å². The van der Waals surface area contributed by atoms with Crippen LogP contribution in [-0.2, 0) is 0 Å². The zero-order valence-corrected chi connectivity index (χ0v) is 12.8. The van der Waals surface area contributed by atoms with E-state index >= 15 is 0 Å². The quantitative estimate of drug-likeness (QED) is 0.905. The SMILES string of the molecule is CCC(N)C(c1ccc(C)o1)N1CCC(C)(C)CC1. The van der Waals surface area contributed by atoms with Crippen molar-refractivity contribution in [2.75, 3.05) is 13.1 Å². The Morgan fingerprint density at radius 1 is 1.32 bits per heavy atom. The van der Waals surface area contributed by atoms with Gasteiger partial charge in [-0.1, -0.05) is 20.8 Å². The van der Waals surface area contributed by atoms with Crippen LogP contribution in [0.5, 0.6) is 0 Å². The number of likely N-dealkylation sites (tertiary alicyclic amines) is 1. The van der Waals surface area contributed by atoms with Crippen LogP contribution in [0.1, 0.15) is 57.6 Å². The van der Waals surface area contributed by atoms with Gasteiger partial charge in [-0.3, -0.25) is 4.90 Å². The number of furan rings is 1. The molecule has 3 nitrogen and oxygen atoms in total. The molecule has 1 fully saturated rings. The highest BCUT2D eigenvalue weighted by Gasteiger charge is 2.33. The number of piperidine rings is 1. The molecule has 0 aromatic carbocycles. The lowest BCUT2D eigenvalue weighted by Gasteiger charge is -2.42. The van der Waals surface area contributed by atoms with Crippen LogP contribution in [0.2, 0.25) is 0 Å². The van der Waals surface area contributed by atoms with Crippen LogP contribution in [-0.4, -0.2) is 24.0 Å². The van der Waals surface area contributed by atoms with Gasteiger partial charge in [0.15, 0.2) is 0 Å². The van der Waals surface area contributed by atoms with Crippen molar-refractivity contribution >= 4 is 0 Å². The maximum Gasteiger partial charge on any atom is 0.122 e. The van der Waals surface area contributed by atoms with Crippen molar-refractivity contribution < 1.29 is 4.42 Å². The fraction of sp³-hybridized carbons (Fsp3) is 0.750. The number of nitrogens with two attached hydrogens (primary N) is 1. The zero-order chi connectivity index (χ0) is 14.0. The number of aryl methyl sites for hydroxylation is 1. The van der Waals surface area contributed by atoms with Crippen LogP contribution in [0.15, 0.2) is 16.5 Å². The number of hydrogen-bond acceptors (Lipinski definition) is 3. The molecule has 0 radical (unpaired) electrons. The van der Waals surface area contributed by atoms with Crippen molar-refractivity contribution in [1.82, 2.24) is 4.90 Å². The van der Waals surface area contributed by atoms with Crippen LogP contribution >= 0.6 is 0 Å². The molecule has 2 N–H and O–H groups in total. The van der Waals surface area contributed by atoms with Crippen molar-refractivity contribution in [2.24, 2.45) is 11.1 Å². The fourth-order valence-corrected chi connectivity index (χ4v) is 2.90. The Labute approximate surface area is 117 Å². The number of hydrogen-bond donors (Lipinski definition) is 1. The summed E-state index contributed by atoms with van der Waals surface area (Å²) in [5, 5.41) is 0. The number of rotatable bonds is 4. The van der Waals surface area contributed by atoms with Crippen molar-refractivity contribution in [3.63, 3.8) is 0 Å². The van der Waals surface area contributed by atoms with E-state index < -0.39 is 0 Å². The molecule has 0 spiro atoms. The minimum atomic E-state index is 0.145. The Morgan fingerprint density at radius 3 is 2.42 bits per heavy atom. The Kier molecular flexibility index (Phi) is 4.36. The Morgan fingerprint density at radius 2 is 1.95 bits per heavy atom. The third-order valence-electron chi connectivity index (χ3n) is 4.47. The van der Waals surface area contributed by atoms with Gasteiger partial charge in [0.1, 0.15) is 11.5 Å². The third-order valence-corrected chi connectivity index (χ3v) is 4.47. The van der Waals surface area contributed by atoms with Crippen LogP contribution in [0.4, 0.5) is 0 Å². The Balaban J connectivity index is 2.15. The summed E-state index contributed by atoms with van der Waals surface area (Å²) in [6.07, 6.45) is 3.45. The first-order valence-corrected chi connectivity index (χ1v) is 7.49. The molecule has 108 valence electrons. The van der Waals surface area contributed by atoms with Crippen molar-refractivity contribution in [1.29, 1.82) is 0 Å². The summed E-state index contributed by atoms with van der Waals surface area (Å²) in [6, 6.07) is 4.51. The van der Waals surface area contributed by atoms with Crippen molar-refractivity contribution in [3.05, 3.63) is 23.7 Å². The summed E-state index contributed by atoms with van der Waals surface area (Å²) >= 11 is 0. The predicted octanol–water partition coefficient (Wildman–Crippen LogP) is 3.49. The second-order valence-electron chi connectivity index (χ2n) is 6.67. The molecule has 1 aromatic rings. The van der Waals surface area contributed by atoms with Gasteiger partial charge >= 0.3 is 0 Å². The van der Waals surface area contributed by atoms with Gasteiger partial charge in [-0.15, -0.1) is 0 Å². The smallest absolute Gasteiger partial charge is 0.122 e. The summed E-state index contributed by atoms with van der Waals surface area (Å²) in [6.45, 7) is 11.1. The van der Waals surface area contributed by atoms with E-state index in [1.165, 1.54) is 12.8 Å².